The van der Waals surface area contributed by atoms with Crippen molar-refractivity contribution in [3.63, 3.8) is 0 Å². The zero-order valence-electron chi connectivity index (χ0n) is 11.4. The molecule has 0 unspecified atom stereocenters. The highest BCUT2D eigenvalue weighted by Gasteiger charge is 2.27. The fourth-order valence-corrected chi connectivity index (χ4v) is 3.37. The van der Waals surface area contributed by atoms with Crippen molar-refractivity contribution in [2.75, 3.05) is 13.1 Å². The summed E-state index contributed by atoms with van der Waals surface area (Å²) in [4.78, 5) is 15.1. The van der Waals surface area contributed by atoms with Gasteiger partial charge >= 0.3 is 0 Å². The second kappa shape index (κ2) is 7.32. The van der Waals surface area contributed by atoms with Gasteiger partial charge in [-0.05, 0) is 18.6 Å². The third kappa shape index (κ3) is 3.99. The molecule has 4 N–H and O–H groups in total. The number of pyridine rings is 1. The van der Waals surface area contributed by atoms with Gasteiger partial charge < -0.3 is 11.5 Å². The van der Waals surface area contributed by atoms with Crippen LogP contribution < -0.4 is 11.5 Å². The quantitative estimate of drug-likeness (QED) is 0.690. The van der Waals surface area contributed by atoms with Crippen LogP contribution in [-0.2, 0) is 21.4 Å². The number of carbonyl (C=O) groups excluding carboxylic acids is 1. The Labute approximate surface area is 119 Å². The lowest BCUT2D eigenvalue weighted by Crippen LogP contribution is -2.39. The minimum absolute atomic E-state index is 0.00753. The van der Waals surface area contributed by atoms with Crippen LogP contribution in [0, 0.1) is 0 Å². The minimum Gasteiger partial charge on any atom is -0.369 e. The third-order valence-corrected chi connectivity index (χ3v) is 4.67. The molecule has 0 atom stereocenters. The second-order valence-corrected chi connectivity index (χ2v) is 6.22. The molecule has 0 aliphatic rings. The van der Waals surface area contributed by atoms with Gasteiger partial charge in [-0.25, -0.2) is 8.42 Å². The molecule has 8 heteroatoms. The maximum atomic E-state index is 12.6. The Morgan fingerprint density at radius 2 is 2.15 bits per heavy atom. The summed E-state index contributed by atoms with van der Waals surface area (Å²) in [5, 5.41) is 0. The number of nitrogens with two attached hydrogens (primary N) is 2. The van der Waals surface area contributed by atoms with E-state index in [-0.39, 0.29) is 30.2 Å². The Kier molecular flexibility index (Phi) is 6.05. The number of nitrogens with zero attached hydrogens (tertiary/aromatic N) is 2. The van der Waals surface area contributed by atoms with Crippen LogP contribution in [0.4, 0.5) is 0 Å². The normalized spacial score (nSPS) is 11.8. The van der Waals surface area contributed by atoms with Crippen molar-refractivity contribution in [3.05, 3.63) is 24.0 Å². The minimum atomic E-state index is -3.82. The molecule has 1 aromatic heterocycles. The molecule has 0 aliphatic carbocycles. The topological polar surface area (TPSA) is 119 Å². The molecule has 0 aliphatic heterocycles. The zero-order valence-corrected chi connectivity index (χ0v) is 12.3. The average molecular weight is 300 g/mol. The lowest BCUT2D eigenvalue weighted by Gasteiger charge is -2.21. The van der Waals surface area contributed by atoms with Gasteiger partial charge in [0.05, 0.1) is 12.2 Å². The van der Waals surface area contributed by atoms with E-state index in [0.717, 1.165) is 10.7 Å². The number of sulfonamides is 1. The molecule has 7 nitrogen and oxygen atoms in total. The van der Waals surface area contributed by atoms with E-state index in [9.17, 15) is 13.2 Å². The number of unbranched alkanes of at least 4 members (excludes halogenated alkanes) is 1. The highest BCUT2D eigenvalue weighted by molar-refractivity contribution is 7.89. The smallest absolute Gasteiger partial charge is 0.245 e. The molecule has 0 radical (unpaired) electrons. The Hall–Kier alpha value is -1.51. The summed E-state index contributed by atoms with van der Waals surface area (Å²) in [6, 6.07) is 2.96. The van der Waals surface area contributed by atoms with E-state index < -0.39 is 15.9 Å². The van der Waals surface area contributed by atoms with Crippen LogP contribution in [0.25, 0.3) is 0 Å². The summed E-state index contributed by atoms with van der Waals surface area (Å²) < 4.78 is 26.2. The number of amides is 1. The number of aromatic nitrogens is 1. The first-order chi connectivity index (χ1) is 9.43. The van der Waals surface area contributed by atoms with Gasteiger partial charge in [-0.1, -0.05) is 13.3 Å². The van der Waals surface area contributed by atoms with Gasteiger partial charge in [0.1, 0.15) is 4.90 Å². The highest BCUT2D eigenvalue weighted by atomic mass is 32.2. The molecule has 0 fully saturated rings. The Morgan fingerprint density at radius 1 is 1.45 bits per heavy atom. The van der Waals surface area contributed by atoms with Crippen molar-refractivity contribution >= 4 is 15.9 Å². The standard InChI is InChI=1S/C12H20N4O3S/c1-2-3-7-16(9-12(14)17)20(18,19)11-5-4-6-15-10(11)8-13/h4-6H,2-3,7-9,13H2,1H3,(H2,14,17). The lowest BCUT2D eigenvalue weighted by molar-refractivity contribution is -0.118. The Balaban J connectivity index is 3.17. The predicted molar refractivity (Wildman–Crippen MR) is 75.0 cm³/mol. The molecule has 112 valence electrons. The molecule has 0 bridgehead atoms. The van der Waals surface area contributed by atoms with Gasteiger partial charge in [0, 0.05) is 19.3 Å². The Bertz CT molecular complexity index is 560. The maximum absolute atomic E-state index is 12.6. The van der Waals surface area contributed by atoms with E-state index in [1.54, 1.807) is 0 Å². The van der Waals surface area contributed by atoms with Gasteiger partial charge in [0.25, 0.3) is 0 Å². The van der Waals surface area contributed by atoms with Crippen molar-refractivity contribution in [2.45, 2.75) is 31.2 Å². The largest absolute Gasteiger partial charge is 0.369 e. The maximum Gasteiger partial charge on any atom is 0.245 e. The van der Waals surface area contributed by atoms with Gasteiger partial charge in [-0.2, -0.15) is 4.31 Å². The molecule has 1 amide bonds. The molecule has 0 aromatic carbocycles. The van der Waals surface area contributed by atoms with Crippen molar-refractivity contribution in [2.24, 2.45) is 11.5 Å². The van der Waals surface area contributed by atoms with Crippen LogP contribution in [0.3, 0.4) is 0 Å². The first-order valence-corrected chi connectivity index (χ1v) is 7.79. The summed E-state index contributed by atoms with van der Waals surface area (Å²) in [6.07, 6.45) is 2.93. The monoisotopic (exact) mass is 300 g/mol. The zero-order chi connectivity index (χ0) is 15.2. The highest BCUT2D eigenvalue weighted by Crippen LogP contribution is 2.18. The predicted octanol–water partition coefficient (Wildman–Crippen LogP) is -0.184. The second-order valence-electron chi connectivity index (χ2n) is 4.31. The SMILES string of the molecule is CCCCN(CC(N)=O)S(=O)(=O)c1cccnc1CN. The summed E-state index contributed by atoms with van der Waals surface area (Å²) in [7, 11) is -3.82. The van der Waals surface area contributed by atoms with Gasteiger partial charge in [-0.15, -0.1) is 0 Å². The van der Waals surface area contributed by atoms with Crippen LogP contribution in [-0.4, -0.2) is 36.7 Å². The molecule has 20 heavy (non-hydrogen) atoms. The fourth-order valence-electron chi connectivity index (χ4n) is 1.74. The fraction of sp³-hybridized carbons (Fsp3) is 0.500. The van der Waals surface area contributed by atoms with E-state index in [1.165, 1.54) is 18.3 Å². The molecule has 0 saturated heterocycles. The molecular weight excluding hydrogens is 280 g/mol. The van der Waals surface area contributed by atoms with E-state index >= 15 is 0 Å². The number of hydrogen-bond donors (Lipinski definition) is 2. The van der Waals surface area contributed by atoms with Crippen LogP contribution in [0.2, 0.25) is 0 Å². The molecule has 0 spiro atoms. The van der Waals surface area contributed by atoms with E-state index in [2.05, 4.69) is 4.98 Å². The van der Waals surface area contributed by atoms with Crippen LogP contribution in [0.15, 0.2) is 23.2 Å². The Morgan fingerprint density at radius 3 is 2.70 bits per heavy atom. The van der Waals surface area contributed by atoms with E-state index in [0.29, 0.717) is 6.42 Å². The van der Waals surface area contributed by atoms with Crippen LogP contribution in [0.1, 0.15) is 25.5 Å². The van der Waals surface area contributed by atoms with Crippen LogP contribution in [0.5, 0.6) is 0 Å². The number of carbonyl (C=O) groups is 1. The van der Waals surface area contributed by atoms with E-state index in [4.69, 9.17) is 11.5 Å². The first kappa shape index (κ1) is 16.5. The molecular formula is C12H20N4O3S. The third-order valence-electron chi connectivity index (χ3n) is 2.75. The lowest BCUT2D eigenvalue weighted by atomic mass is 10.3. The molecule has 1 aromatic rings. The first-order valence-electron chi connectivity index (χ1n) is 6.35. The van der Waals surface area contributed by atoms with Crippen LogP contribution >= 0.6 is 0 Å². The summed E-state index contributed by atoms with van der Waals surface area (Å²) in [6.45, 7) is 1.83. The summed E-state index contributed by atoms with van der Waals surface area (Å²) in [5.41, 5.74) is 10.9. The average Bonchev–Trinajstić information content (AvgIpc) is 2.42. The molecule has 1 rings (SSSR count). The number of hydrogen-bond acceptors (Lipinski definition) is 5. The number of primary amides is 1. The summed E-state index contributed by atoms with van der Waals surface area (Å²) >= 11 is 0. The van der Waals surface area contributed by atoms with Gasteiger partial charge in [0.15, 0.2) is 0 Å². The van der Waals surface area contributed by atoms with Crippen molar-refractivity contribution in [3.8, 4) is 0 Å². The van der Waals surface area contributed by atoms with Crippen molar-refractivity contribution in [1.29, 1.82) is 0 Å². The number of rotatable bonds is 8. The van der Waals surface area contributed by atoms with Gasteiger partial charge in [-0.3, -0.25) is 9.78 Å². The summed E-state index contributed by atoms with van der Waals surface area (Å²) in [5.74, 6) is -0.692. The molecule has 1 heterocycles. The van der Waals surface area contributed by atoms with Crippen molar-refractivity contribution < 1.29 is 13.2 Å². The van der Waals surface area contributed by atoms with Crippen molar-refractivity contribution in [1.82, 2.24) is 9.29 Å². The van der Waals surface area contributed by atoms with E-state index in [1.807, 2.05) is 6.92 Å². The molecule has 0 saturated carbocycles. The van der Waals surface area contributed by atoms with Gasteiger partial charge in [0.2, 0.25) is 15.9 Å².